The number of carbonyl (C=O) groups is 2. The van der Waals surface area contributed by atoms with E-state index >= 15 is 0 Å². The lowest BCUT2D eigenvalue weighted by Gasteiger charge is -2.09. The quantitative estimate of drug-likeness (QED) is 0.661. The SMILES string of the molecule is O=C(Nc1c(Cl)cccc1C(=O)O)c1cc(=O)[nH]c(=O)[nH]1. The van der Waals surface area contributed by atoms with Crippen molar-refractivity contribution in [3.63, 3.8) is 0 Å². The summed E-state index contributed by atoms with van der Waals surface area (Å²) in [4.78, 5) is 49.3. The summed E-state index contributed by atoms with van der Waals surface area (Å²) < 4.78 is 0. The Morgan fingerprint density at radius 1 is 1.19 bits per heavy atom. The van der Waals surface area contributed by atoms with Crippen molar-refractivity contribution < 1.29 is 14.7 Å². The van der Waals surface area contributed by atoms with Crippen LogP contribution in [-0.4, -0.2) is 27.0 Å². The number of halogens is 1. The van der Waals surface area contributed by atoms with Gasteiger partial charge in [0, 0.05) is 6.07 Å². The van der Waals surface area contributed by atoms with E-state index in [1.807, 2.05) is 4.98 Å². The van der Waals surface area contributed by atoms with Crippen LogP contribution in [0.2, 0.25) is 5.02 Å². The number of hydrogen-bond donors (Lipinski definition) is 4. The molecule has 1 aromatic heterocycles. The van der Waals surface area contributed by atoms with Crippen LogP contribution in [0.1, 0.15) is 20.8 Å². The van der Waals surface area contributed by atoms with E-state index in [1.54, 1.807) is 0 Å². The van der Waals surface area contributed by atoms with Crippen LogP contribution in [0.3, 0.4) is 0 Å². The molecule has 0 saturated carbocycles. The van der Waals surface area contributed by atoms with Crippen LogP contribution in [-0.2, 0) is 0 Å². The topological polar surface area (TPSA) is 132 Å². The predicted octanol–water partition coefficient (Wildman–Crippen LogP) is 0.667. The van der Waals surface area contributed by atoms with Crippen LogP contribution < -0.4 is 16.6 Å². The summed E-state index contributed by atoms with van der Waals surface area (Å²) in [7, 11) is 0. The molecule has 0 spiro atoms. The van der Waals surface area contributed by atoms with Crippen LogP contribution in [0.5, 0.6) is 0 Å². The number of carboxylic acids is 1. The van der Waals surface area contributed by atoms with Gasteiger partial charge in [0.1, 0.15) is 5.69 Å². The fourth-order valence-corrected chi connectivity index (χ4v) is 1.82. The molecule has 0 radical (unpaired) electrons. The molecule has 9 heteroatoms. The van der Waals surface area contributed by atoms with E-state index in [1.165, 1.54) is 18.2 Å². The number of nitrogens with one attached hydrogen (secondary N) is 3. The molecule has 0 unspecified atom stereocenters. The molecule has 0 fully saturated rings. The van der Waals surface area contributed by atoms with Crippen molar-refractivity contribution in [3.05, 3.63) is 61.4 Å². The smallest absolute Gasteiger partial charge is 0.337 e. The van der Waals surface area contributed by atoms with Gasteiger partial charge in [0.15, 0.2) is 0 Å². The molecule has 1 amide bonds. The van der Waals surface area contributed by atoms with Crippen LogP contribution in [0, 0.1) is 0 Å². The highest BCUT2D eigenvalue weighted by Gasteiger charge is 2.17. The molecule has 0 bridgehead atoms. The van der Waals surface area contributed by atoms with Crippen molar-refractivity contribution in [2.24, 2.45) is 0 Å². The van der Waals surface area contributed by atoms with Crippen molar-refractivity contribution in [1.29, 1.82) is 0 Å². The summed E-state index contributed by atoms with van der Waals surface area (Å²) >= 11 is 5.85. The number of anilines is 1. The van der Waals surface area contributed by atoms with E-state index < -0.39 is 23.1 Å². The summed E-state index contributed by atoms with van der Waals surface area (Å²) in [6.45, 7) is 0. The number of amides is 1. The number of carbonyl (C=O) groups excluding carboxylic acids is 1. The van der Waals surface area contributed by atoms with E-state index in [0.29, 0.717) is 0 Å². The van der Waals surface area contributed by atoms with E-state index in [2.05, 4.69) is 10.3 Å². The number of benzene rings is 1. The van der Waals surface area contributed by atoms with Gasteiger partial charge in [0.2, 0.25) is 0 Å². The van der Waals surface area contributed by atoms with E-state index in [-0.39, 0.29) is 22.0 Å². The van der Waals surface area contributed by atoms with Gasteiger partial charge in [-0.25, -0.2) is 9.59 Å². The third-order valence-electron chi connectivity index (χ3n) is 2.49. The normalized spacial score (nSPS) is 10.1. The highest BCUT2D eigenvalue weighted by Crippen LogP contribution is 2.26. The molecule has 0 aliphatic rings. The molecule has 1 heterocycles. The molecular weight excluding hydrogens is 302 g/mol. The molecule has 2 rings (SSSR count). The molecule has 21 heavy (non-hydrogen) atoms. The second-order valence-electron chi connectivity index (χ2n) is 3.92. The summed E-state index contributed by atoms with van der Waals surface area (Å²) in [5.41, 5.74) is -2.28. The van der Waals surface area contributed by atoms with E-state index in [0.717, 1.165) is 6.07 Å². The first-order valence-electron chi connectivity index (χ1n) is 5.55. The average Bonchev–Trinajstić information content (AvgIpc) is 2.39. The van der Waals surface area contributed by atoms with Gasteiger partial charge in [-0.05, 0) is 12.1 Å². The zero-order chi connectivity index (χ0) is 15.6. The number of H-pyrrole nitrogens is 2. The number of hydrogen-bond acceptors (Lipinski definition) is 4. The Labute approximate surface area is 121 Å². The molecule has 0 saturated heterocycles. The number of para-hydroxylation sites is 1. The third kappa shape index (κ3) is 3.18. The number of carboxylic acid groups (broad SMARTS) is 1. The van der Waals surface area contributed by atoms with Gasteiger partial charge in [-0.15, -0.1) is 0 Å². The minimum atomic E-state index is -1.28. The fraction of sp³-hybridized carbons (Fsp3) is 0. The Balaban J connectivity index is 2.43. The van der Waals surface area contributed by atoms with Gasteiger partial charge in [-0.1, -0.05) is 17.7 Å². The largest absolute Gasteiger partial charge is 0.478 e. The van der Waals surface area contributed by atoms with Gasteiger partial charge in [-0.3, -0.25) is 14.6 Å². The minimum absolute atomic E-state index is 0.00966. The molecule has 1 aromatic carbocycles. The van der Waals surface area contributed by atoms with Gasteiger partial charge in [0.25, 0.3) is 11.5 Å². The zero-order valence-corrected chi connectivity index (χ0v) is 11.0. The van der Waals surface area contributed by atoms with Crippen LogP contribution in [0.15, 0.2) is 33.9 Å². The second-order valence-corrected chi connectivity index (χ2v) is 4.33. The second kappa shape index (κ2) is 5.63. The Hall–Kier alpha value is -2.87. The first-order chi connectivity index (χ1) is 9.88. The van der Waals surface area contributed by atoms with Gasteiger partial charge in [-0.2, -0.15) is 0 Å². The third-order valence-corrected chi connectivity index (χ3v) is 2.80. The Morgan fingerprint density at radius 3 is 2.52 bits per heavy atom. The van der Waals surface area contributed by atoms with E-state index in [4.69, 9.17) is 16.7 Å². The number of aromatic nitrogens is 2. The summed E-state index contributed by atoms with van der Waals surface area (Å²) in [6, 6.07) is 4.93. The molecule has 0 aliphatic carbocycles. The number of aromatic amines is 2. The van der Waals surface area contributed by atoms with Gasteiger partial charge >= 0.3 is 11.7 Å². The van der Waals surface area contributed by atoms with Crippen molar-refractivity contribution in [2.75, 3.05) is 5.32 Å². The Bertz CT molecular complexity index is 811. The first kappa shape index (κ1) is 14.5. The predicted molar refractivity (Wildman–Crippen MR) is 74.0 cm³/mol. The monoisotopic (exact) mass is 309 g/mol. The van der Waals surface area contributed by atoms with Crippen LogP contribution >= 0.6 is 11.6 Å². The maximum Gasteiger partial charge on any atom is 0.337 e. The number of aromatic carboxylic acids is 1. The fourth-order valence-electron chi connectivity index (χ4n) is 1.60. The van der Waals surface area contributed by atoms with Crippen molar-refractivity contribution >= 4 is 29.2 Å². The molecule has 0 aliphatic heterocycles. The van der Waals surface area contributed by atoms with Crippen molar-refractivity contribution in [1.82, 2.24) is 9.97 Å². The zero-order valence-electron chi connectivity index (χ0n) is 10.3. The highest BCUT2D eigenvalue weighted by molar-refractivity contribution is 6.34. The van der Waals surface area contributed by atoms with Gasteiger partial charge < -0.3 is 15.4 Å². The molecule has 4 N–H and O–H groups in total. The summed E-state index contributed by atoms with van der Waals surface area (Å²) in [6.07, 6.45) is 0. The highest BCUT2D eigenvalue weighted by atomic mass is 35.5. The average molecular weight is 310 g/mol. The van der Waals surface area contributed by atoms with Crippen LogP contribution in [0.25, 0.3) is 0 Å². The number of rotatable bonds is 3. The van der Waals surface area contributed by atoms with Crippen molar-refractivity contribution in [3.8, 4) is 0 Å². The van der Waals surface area contributed by atoms with Crippen LogP contribution in [0.4, 0.5) is 5.69 Å². The van der Waals surface area contributed by atoms with E-state index in [9.17, 15) is 19.2 Å². The maximum absolute atomic E-state index is 12.0. The lowest BCUT2D eigenvalue weighted by molar-refractivity contribution is 0.0698. The standard InChI is InChI=1S/C12H8ClN3O5/c13-6-3-1-2-5(11(19)20)9(6)16-10(18)7-4-8(17)15-12(21)14-7/h1-4H,(H,16,18)(H,19,20)(H2,14,15,17,21). The van der Waals surface area contributed by atoms with Gasteiger partial charge in [0.05, 0.1) is 16.3 Å². The Morgan fingerprint density at radius 2 is 1.90 bits per heavy atom. The summed E-state index contributed by atoms with van der Waals surface area (Å²) in [5, 5.41) is 11.3. The molecule has 2 aromatic rings. The minimum Gasteiger partial charge on any atom is -0.478 e. The molecular formula is C12H8ClN3O5. The molecule has 0 atom stereocenters. The Kier molecular flexibility index (Phi) is 3.90. The maximum atomic E-state index is 12.0. The molecule has 8 nitrogen and oxygen atoms in total. The summed E-state index contributed by atoms with van der Waals surface area (Å²) in [5.74, 6) is -2.15. The molecule has 108 valence electrons. The lowest BCUT2D eigenvalue weighted by atomic mass is 10.1. The lowest BCUT2D eigenvalue weighted by Crippen LogP contribution is -2.27. The van der Waals surface area contributed by atoms with Crippen molar-refractivity contribution in [2.45, 2.75) is 0 Å². The first-order valence-corrected chi connectivity index (χ1v) is 5.93.